The number of likely N-dealkylation sites (tertiary alicyclic amines) is 1. The van der Waals surface area contributed by atoms with Crippen LogP contribution in [-0.2, 0) is 4.79 Å². The number of hydrogen-bond acceptors (Lipinski definition) is 2. The van der Waals surface area contributed by atoms with Crippen molar-refractivity contribution < 1.29 is 14.7 Å². The summed E-state index contributed by atoms with van der Waals surface area (Å²) in [6, 6.07) is -0.348. The van der Waals surface area contributed by atoms with Gasteiger partial charge in [-0.25, -0.2) is 9.59 Å². The number of carbonyl (C=O) groups excluding carboxylic acids is 1. The molecule has 2 N–H and O–H groups in total. The average Bonchev–Trinajstić information content (AvgIpc) is 3.04. The Labute approximate surface area is 126 Å². The van der Waals surface area contributed by atoms with Crippen LogP contribution in [0.15, 0.2) is 0 Å². The molecule has 0 aromatic carbocycles. The fourth-order valence-corrected chi connectivity index (χ4v) is 4.32. The van der Waals surface area contributed by atoms with E-state index < -0.39 is 12.0 Å². The van der Waals surface area contributed by atoms with Crippen molar-refractivity contribution >= 4 is 12.0 Å². The molecule has 0 radical (unpaired) electrons. The number of fused-ring (bicyclic) bond motifs is 1. The van der Waals surface area contributed by atoms with Gasteiger partial charge in [-0.3, -0.25) is 0 Å². The quantitative estimate of drug-likeness (QED) is 0.837. The highest BCUT2D eigenvalue weighted by atomic mass is 16.4. The number of urea groups is 1. The predicted molar refractivity (Wildman–Crippen MR) is 79.0 cm³/mol. The maximum Gasteiger partial charge on any atom is 0.326 e. The van der Waals surface area contributed by atoms with Gasteiger partial charge in [0.25, 0.3) is 0 Å². The molecule has 5 heteroatoms. The molecule has 1 heterocycles. The minimum atomic E-state index is -0.847. The highest BCUT2D eigenvalue weighted by Gasteiger charge is 2.49. The SMILES string of the molecule is CCCC1CC1NC(=O)N1C(C(=O)O)CC2CCCCC21. The summed E-state index contributed by atoms with van der Waals surface area (Å²) in [5.74, 6) is 0.142. The molecule has 3 fully saturated rings. The summed E-state index contributed by atoms with van der Waals surface area (Å²) in [4.78, 5) is 25.7. The van der Waals surface area contributed by atoms with Crippen LogP contribution in [-0.4, -0.2) is 40.1 Å². The minimum Gasteiger partial charge on any atom is -0.480 e. The lowest BCUT2D eigenvalue weighted by atomic mass is 9.85. The highest BCUT2D eigenvalue weighted by Crippen LogP contribution is 2.41. The summed E-state index contributed by atoms with van der Waals surface area (Å²) in [6.07, 6.45) is 8.30. The predicted octanol–water partition coefficient (Wildman–Crippen LogP) is 2.60. The van der Waals surface area contributed by atoms with Gasteiger partial charge in [-0.15, -0.1) is 0 Å². The summed E-state index contributed by atoms with van der Waals surface area (Å²) >= 11 is 0. The third-order valence-electron chi connectivity index (χ3n) is 5.50. The second-order valence-corrected chi connectivity index (χ2v) is 6.95. The van der Waals surface area contributed by atoms with Crippen molar-refractivity contribution in [3.05, 3.63) is 0 Å². The van der Waals surface area contributed by atoms with Gasteiger partial charge in [0.05, 0.1) is 0 Å². The largest absolute Gasteiger partial charge is 0.480 e. The fourth-order valence-electron chi connectivity index (χ4n) is 4.32. The third-order valence-corrected chi connectivity index (χ3v) is 5.50. The van der Waals surface area contributed by atoms with Gasteiger partial charge in [0, 0.05) is 12.1 Å². The molecule has 1 aliphatic heterocycles. The van der Waals surface area contributed by atoms with Crippen LogP contribution in [0.4, 0.5) is 4.79 Å². The molecule has 2 saturated carbocycles. The van der Waals surface area contributed by atoms with E-state index in [0.717, 1.165) is 38.5 Å². The first kappa shape index (κ1) is 14.7. The van der Waals surface area contributed by atoms with E-state index in [-0.39, 0.29) is 18.1 Å². The second kappa shape index (κ2) is 5.85. The maximum absolute atomic E-state index is 12.6. The van der Waals surface area contributed by atoms with Crippen molar-refractivity contribution in [2.75, 3.05) is 0 Å². The number of amides is 2. The summed E-state index contributed by atoms with van der Waals surface area (Å²) in [5, 5.41) is 12.5. The van der Waals surface area contributed by atoms with E-state index in [1.54, 1.807) is 4.90 Å². The monoisotopic (exact) mass is 294 g/mol. The molecule has 3 aliphatic rings. The molecule has 0 aromatic rings. The molecule has 1 saturated heterocycles. The van der Waals surface area contributed by atoms with E-state index in [4.69, 9.17) is 0 Å². The number of carboxylic acid groups (broad SMARTS) is 1. The van der Waals surface area contributed by atoms with Crippen molar-refractivity contribution in [2.45, 2.75) is 76.4 Å². The number of carbonyl (C=O) groups is 2. The van der Waals surface area contributed by atoms with E-state index in [2.05, 4.69) is 12.2 Å². The van der Waals surface area contributed by atoms with E-state index in [0.29, 0.717) is 18.3 Å². The Morgan fingerprint density at radius 1 is 1.24 bits per heavy atom. The molecule has 0 spiro atoms. The van der Waals surface area contributed by atoms with Gasteiger partial charge in [0.15, 0.2) is 0 Å². The first-order valence-electron chi connectivity index (χ1n) is 8.43. The Bertz CT molecular complexity index is 426. The van der Waals surface area contributed by atoms with Crippen molar-refractivity contribution in [3.8, 4) is 0 Å². The number of aliphatic carboxylic acids is 1. The van der Waals surface area contributed by atoms with Crippen LogP contribution >= 0.6 is 0 Å². The van der Waals surface area contributed by atoms with Gasteiger partial charge in [0.1, 0.15) is 6.04 Å². The van der Waals surface area contributed by atoms with Crippen LogP contribution in [0.25, 0.3) is 0 Å². The van der Waals surface area contributed by atoms with Gasteiger partial charge >= 0.3 is 12.0 Å². The summed E-state index contributed by atoms with van der Waals surface area (Å²) in [6.45, 7) is 2.16. The van der Waals surface area contributed by atoms with Gasteiger partial charge < -0.3 is 15.3 Å². The van der Waals surface area contributed by atoms with Crippen LogP contribution in [0.2, 0.25) is 0 Å². The molecule has 2 aliphatic carbocycles. The molecule has 118 valence electrons. The molecule has 2 amide bonds. The van der Waals surface area contributed by atoms with Crippen LogP contribution in [0, 0.1) is 11.8 Å². The second-order valence-electron chi connectivity index (χ2n) is 6.95. The first-order chi connectivity index (χ1) is 10.1. The Kier molecular flexibility index (Phi) is 4.09. The lowest BCUT2D eigenvalue weighted by molar-refractivity contribution is -0.141. The van der Waals surface area contributed by atoms with Gasteiger partial charge in [0.2, 0.25) is 0 Å². The molecule has 5 atom stereocenters. The third kappa shape index (κ3) is 2.87. The molecule has 0 bridgehead atoms. The van der Waals surface area contributed by atoms with E-state index in [1.165, 1.54) is 6.42 Å². The van der Waals surface area contributed by atoms with Crippen molar-refractivity contribution in [3.63, 3.8) is 0 Å². The normalized spacial score (nSPS) is 38.0. The Hall–Kier alpha value is -1.26. The summed E-state index contributed by atoms with van der Waals surface area (Å²) < 4.78 is 0. The maximum atomic E-state index is 12.6. The van der Waals surface area contributed by atoms with Crippen LogP contribution in [0.3, 0.4) is 0 Å². The van der Waals surface area contributed by atoms with Crippen LogP contribution in [0.1, 0.15) is 58.3 Å². The molecular formula is C16H26N2O3. The molecule has 5 nitrogen and oxygen atoms in total. The van der Waals surface area contributed by atoms with Gasteiger partial charge in [-0.05, 0) is 43.9 Å². The number of nitrogens with zero attached hydrogens (tertiary/aromatic N) is 1. The molecule has 3 rings (SSSR count). The zero-order chi connectivity index (χ0) is 15.0. The zero-order valence-corrected chi connectivity index (χ0v) is 12.8. The van der Waals surface area contributed by atoms with E-state index in [9.17, 15) is 14.7 Å². The zero-order valence-electron chi connectivity index (χ0n) is 12.8. The average molecular weight is 294 g/mol. The standard InChI is InChI=1S/C16H26N2O3/c1-2-5-10-8-12(10)17-16(21)18-13-7-4-3-6-11(13)9-14(18)15(19)20/h10-14H,2-9H2,1H3,(H,17,21)(H,19,20). The van der Waals surface area contributed by atoms with E-state index in [1.807, 2.05) is 0 Å². The number of rotatable bonds is 4. The number of nitrogens with one attached hydrogen (secondary N) is 1. The number of carboxylic acids is 1. The fraction of sp³-hybridized carbons (Fsp3) is 0.875. The van der Waals surface area contributed by atoms with Crippen molar-refractivity contribution in [1.82, 2.24) is 10.2 Å². The van der Waals surface area contributed by atoms with Gasteiger partial charge in [-0.1, -0.05) is 26.2 Å². The van der Waals surface area contributed by atoms with Crippen LogP contribution < -0.4 is 5.32 Å². The minimum absolute atomic E-state index is 0.139. The Morgan fingerprint density at radius 2 is 2.00 bits per heavy atom. The molecule has 0 aromatic heterocycles. The lowest BCUT2D eigenvalue weighted by Crippen LogP contribution is -2.51. The lowest BCUT2D eigenvalue weighted by Gasteiger charge is -2.33. The smallest absolute Gasteiger partial charge is 0.326 e. The number of hydrogen-bond donors (Lipinski definition) is 2. The Morgan fingerprint density at radius 3 is 2.71 bits per heavy atom. The summed E-state index contributed by atoms with van der Waals surface area (Å²) in [7, 11) is 0. The Balaban J connectivity index is 1.65. The van der Waals surface area contributed by atoms with E-state index >= 15 is 0 Å². The summed E-state index contributed by atoms with van der Waals surface area (Å²) in [5.41, 5.74) is 0. The van der Waals surface area contributed by atoms with Crippen molar-refractivity contribution in [1.29, 1.82) is 0 Å². The first-order valence-corrected chi connectivity index (χ1v) is 8.43. The molecule has 5 unspecified atom stereocenters. The van der Waals surface area contributed by atoms with Crippen molar-refractivity contribution in [2.24, 2.45) is 11.8 Å². The molecular weight excluding hydrogens is 268 g/mol. The highest BCUT2D eigenvalue weighted by molar-refractivity contribution is 5.84. The molecule has 21 heavy (non-hydrogen) atoms. The van der Waals surface area contributed by atoms with Crippen LogP contribution in [0.5, 0.6) is 0 Å². The van der Waals surface area contributed by atoms with Gasteiger partial charge in [-0.2, -0.15) is 0 Å². The topological polar surface area (TPSA) is 69.6 Å².